The molecule has 2 aromatic carbocycles. The number of carbonyl (C=O) groups excluding carboxylic acids is 1. The molecule has 1 aromatic heterocycles. The molecule has 0 spiro atoms. The van der Waals surface area contributed by atoms with Gasteiger partial charge in [-0.15, -0.1) is 0 Å². The Hall–Kier alpha value is -3.28. The lowest BCUT2D eigenvalue weighted by Crippen LogP contribution is -2.30. The maximum Gasteiger partial charge on any atom is 0.235 e. The molecule has 6 nitrogen and oxygen atoms in total. The molecule has 0 radical (unpaired) electrons. The van der Waals surface area contributed by atoms with Gasteiger partial charge in [-0.05, 0) is 36.4 Å². The van der Waals surface area contributed by atoms with Crippen molar-refractivity contribution in [1.29, 1.82) is 0 Å². The molecule has 24 heavy (non-hydrogen) atoms. The van der Waals surface area contributed by atoms with Gasteiger partial charge in [0.15, 0.2) is 5.76 Å². The first-order valence-electron chi connectivity index (χ1n) is 7.13. The Kier molecular flexibility index (Phi) is 4.20. The minimum absolute atomic E-state index is 0.155. The zero-order valence-corrected chi connectivity index (χ0v) is 12.8. The second-order valence-electron chi connectivity index (χ2n) is 4.97. The van der Waals surface area contributed by atoms with Crippen molar-refractivity contribution < 1.29 is 23.8 Å². The summed E-state index contributed by atoms with van der Waals surface area (Å²) < 4.78 is 16.0. The van der Waals surface area contributed by atoms with Crippen LogP contribution < -0.4 is 20.0 Å². The van der Waals surface area contributed by atoms with Crippen molar-refractivity contribution in [3.8, 4) is 22.8 Å². The zero-order chi connectivity index (χ0) is 17.1. The fourth-order valence-electron chi connectivity index (χ4n) is 2.32. The van der Waals surface area contributed by atoms with E-state index in [-0.39, 0.29) is 11.5 Å². The largest absolute Gasteiger partial charge is 0.546 e. The quantitative estimate of drug-likeness (QED) is 0.708. The molecule has 0 saturated carbocycles. The first kappa shape index (κ1) is 15.6. The number of fused-ring (bicyclic) bond motifs is 1. The third-order valence-electron chi connectivity index (χ3n) is 3.44. The smallest absolute Gasteiger partial charge is 0.235 e. The van der Waals surface area contributed by atoms with E-state index in [1.54, 1.807) is 55.6 Å². The average Bonchev–Trinajstić information content (AvgIpc) is 2.61. The first-order chi connectivity index (χ1) is 11.6. The van der Waals surface area contributed by atoms with E-state index in [9.17, 15) is 14.7 Å². The van der Waals surface area contributed by atoms with Gasteiger partial charge in [-0.3, -0.25) is 4.79 Å². The van der Waals surface area contributed by atoms with Crippen LogP contribution in [0.1, 0.15) is 0 Å². The van der Waals surface area contributed by atoms with E-state index >= 15 is 0 Å². The molecule has 3 aromatic rings. The van der Waals surface area contributed by atoms with E-state index in [1.165, 1.54) is 0 Å². The number of rotatable bonds is 5. The molecule has 3 rings (SSSR count). The molecule has 0 aliphatic heterocycles. The average molecular weight is 325 g/mol. The molecule has 0 amide bonds. The molecule has 122 valence electrons. The predicted molar refractivity (Wildman–Crippen MR) is 85.0 cm³/mol. The third-order valence-corrected chi connectivity index (χ3v) is 3.44. The second kappa shape index (κ2) is 6.45. The number of methoxy groups -OCH3 is 1. The van der Waals surface area contributed by atoms with Gasteiger partial charge < -0.3 is 23.8 Å². The monoisotopic (exact) mass is 325 g/mol. The predicted octanol–water partition coefficient (Wildman–Crippen LogP) is 1.60. The van der Waals surface area contributed by atoms with E-state index in [0.717, 1.165) is 0 Å². The highest BCUT2D eigenvalue weighted by molar-refractivity contribution is 5.82. The minimum atomic E-state index is -1.43. The summed E-state index contributed by atoms with van der Waals surface area (Å²) in [6.45, 7) is -0.744. The van der Waals surface area contributed by atoms with Gasteiger partial charge in [0, 0.05) is 5.56 Å². The molecule has 0 aliphatic rings. The highest BCUT2D eigenvalue weighted by atomic mass is 16.5. The Balaban J connectivity index is 2.20. The zero-order valence-electron chi connectivity index (χ0n) is 12.8. The highest BCUT2D eigenvalue weighted by Gasteiger charge is 2.17. The normalized spacial score (nSPS) is 10.5. The van der Waals surface area contributed by atoms with Crippen molar-refractivity contribution in [2.75, 3.05) is 13.7 Å². The SMILES string of the molecule is COc1ccc(-c2oc3ccccc3c(=O)c2OCC(=O)[O-])cc1. The van der Waals surface area contributed by atoms with Crippen LogP contribution in [0.2, 0.25) is 0 Å². The number of carbonyl (C=O) groups is 1. The van der Waals surface area contributed by atoms with Gasteiger partial charge in [0.05, 0.1) is 18.5 Å². The number of para-hydroxylation sites is 1. The summed E-state index contributed by atoms with van der Waals surface area (Å²) in [7, 11) is 1.54. The van der Waals surface area contributed by atoms with Crippen molar-refractivity contribution in [3.63, 3.8) is 0 Å². The van der Waals surface area contributed by atoms with Crippen LogP contribution in [0.5, 0.6) is 11.5 Å². The van der Waals surface area contributed by atoms with Crippen LogP contribution in [-0.2, 0) is 4.79 Å². The van der Waals surface area contributed by atoms with Crippen LogP contribution in [0.25, 0.3) is 22.3 Å². The molecule has 0 aliphatic carbocycles. The van der Waals surface area contributed by atoms with Crippen LogP contribution in [0, 0.1) is 0 Å². The second-order valence-corrected chi connectivity index (χ2v) is 4.97. The summed E-state index contributed by atoms with van der Waals surface area (Å²) in [5, 5.41) is 11.0. The van der Waals surface area contributed by atoms with Gasteiger partial charge in [-0.25, -0.2) is 0 Å². The first-order valence-corrected chi connectivity index (χ1v) is 7.13. The molecular weight excluding hydrogens is 312 g/mol. The summed E-state index contributed by atoms with van der Waals surface area (Å²) in [5.74, 6) is -0.798. The molecule has 0 unspecified atom stereocenters. The summed E-state index contributed by atoms with van der Waals surface area (Å²) in [5.41, 5.74) is 0.505. The highest BCUT2D eigenvalue weighted by Crippen LogP contribution is 2.31. The van der Waals surface area contributed by atoms with Crippen molar-refractivity contribution in [3.05, 3.63) is 58.8 Å². The van der Waals surface area contributed by atoms with E-state index in [0.29, 0.717) is 22.3 Å². The molecule has 0 atom stereocenters. The Morgan fingerprint density at radius 3 is 2.50 bits per heavy atom. The number of hydrogen-bond acceptors (Lipinski definition) is 6. The third kappa shape index (κ3) is 2.94. The maximum atomic E-state index is 12.6. The summed E-state index contributed by atoms with van der Waals surface area (Å²) in [6, 6.07) is 13.5. The van der Waals surface area contributed by atoms with Crippen LogP contribution >= 0.6 is 0 Å². The van der Waals surface area contributed by atoms with Crippen molar-refractivity contribution in [2.45, 2.75) is 0 Å². The number of carboxylic acids is 1. The van der Waals surface area contributed by atoms with Crippen molar-refractivity contribution in [1.82, 2.24) is 0 Å². The van der Waals surface area contributed by atoms with E-state index in [2.05, 4.69) is 0 Å². The maximum absolute atomic E-state index is 12.6. The Labute approximate surface area is 136 Å². The van der Waals surface area contributed by atoms with Gasteiger partial charge >= 0.3 is 0 Å². The topological polar surface area (TPSA) is 88.8 Å². The molecular formula is C18H13O6-. The summed E-state index contributed by atoms with van der Waals surface area (Å²) >= 11 is 0. The lowest BCUT2D eigenvalue weighted by Gasteiger charge is -2.12. The molecule has 1 heterocycles. The van der Waals surface area contributed by atoms with Gasteiger partial charge in [-0.1, -0.05) is 12.1 Å². The van der Waals surface area contributed by atoms with Crippen molar-refractivity contribution >= 4 is 16.9 Å². The van der Waals surface area contributed by atoms with Gasteiger partial charge in [-0.2, -0.15) is 0 Å². The summed E-state index contributed by atoms with van der Waals surface area (Å²) in [4.78, 5) is 23.3. The Bertz CT molecular complexity index is 940. The molecule has 6 heteroatoms. The number of benzene rings is 2. The number of hydrogen-bond donors (Lipinski definition) is 0. The van der Waals surface area contributed by atoms with Gasteiger partial charge in [0.1, 0.15) is 17.9 Å². The number of aliphatic carboxylic acids is 1. The van der Waals surface area contributed by atoms with Crippen LogP contribution in [0.3, 0.4) is 0 Å². The molecule has 0 N–H and O–H groups in total. The van der Waals surface area contributed by atoms with Crippen LogP contribution in [-0.4, -0.2) is 19.7 Å². The van der Waals surface area contributed by atoms with Crippen molar-refractivity contribution in [2.24, 2.45) is 0 Å². The van der Waals surface area contributed by atoms with Gasteiger partial charge in [0.2, 0.25) is 11.2 Å². The van der Waals surface area contributed by atoms with E-state index in [1.807, 2.05) is 0 Å². The Morgan fingerprint density at radius 1 is 1.12 bits per heavy atom. The Morgan fingerprint density at radius 2 is 1.83 bits per heavy atom. The van der Waals surface area contributed by atoms with Crippen LogP contribution in [0.15, 0.2) is 57.7 Å². The summed E-state index contributed by atoms with van der Waals surface area (Å²) in [6.07, 6.45) is 0. The van der Waals surface area contributed by atoms with Gasteiger partial charge in [0.25, 0.3) is 0 Å². The molecule has 0 fully saturated rings. The van der Waals surface area contributed by atoms with E-state index in [4.69, 9.17) is 13.9 Å². The van der Waals surface area contributed by atoms with Crippen LogP contribution in [0.4, 0.5) is 0 Å². The lowest BCUT2D eigenvalue weighted by molar-refractivity contribution is -0.307. The lowest BCUT2D eigenvalue weighted by atomic mass is 10.1. The number of ether oxygens (including phenoxy) is 2. The fraction of sp³-hybridized carbons (Fsp3) is 0.111. The standard InChI is InChI=1S/C18H14O6/c1-22-12-8-6-11(7-9-12)17-18(23-10-15(19)20)16(21)13-4-2-3-5-14(13)24-17/h2-9H,10H2,1H3,(H,19,20)/p-1. The number of carboxylic acid groups (broad SMARTS) is 1. The van der Waals surface area contributed by atoms with E-state index < -0.39 is 18.0 Å². The fourth-order valence-corrected chi connectivity index (χ4v) is 2.32. The molecule has 0 bridgehead atoms. The molecule has 0 saturated heterocycles. The minimum Gasteiger partial charge on any atom is -0.546 e.